The number of carbonyl (C=O) groups is 2. The monoisotopic (exact) mass is 385 g/mol. The number of anilines is 1. The lowest BCUT2D eigenvalue weighted by Gasteiger charge is -2.28. The number of benzene rings is 2. The molecule has 0 radical (unpaired) electrons. The van der Waals surface area contributed by atoms with Gasteiger partial charge in [0.05, 0.1) is 6.04 Å². The second kappa shape index (κ2) is 8.55. The zero-order valence-electron chi connectivity index (χ0n) is 15.6. The second-order valence-corrected chi connectivity index (χ2v) is 7.37. The summed E-state index contributed by atoms with van der Waals surface area (Å²) in [7, 11) is 3.95. The highest BCUT2D eigenvalue weighted by Gasteiger charge is 2.37. The summed E-state index contributed by atoms with van der Waals surface area (Å²) in [5.41, 5.74) is 1.84. The molecule has 5 nitrogen and oxygen atoms in total. The van der Waals surface area contributed by atoms with E-state index in [0.717, 1.165) is 11.3 Å². The van der Waals surface area contributed by atoms with Crippen LogP contribution >= 0.6 is 11.6 Å². The van der Waals surface area contributed by atoms with Crippen LogP contribution in [-0.2, 0) is 9.59 Å². The van der Waals surface area contributed by atoms with Crippen molar-refractivity contribution >= 4 is 29.1 Å². The van der Waals surface area contributed by atoms with Crippen LogP contribution in [0, 0.1) is 0 Å². The van der Waals surface area contributed by atoms with E-state index >= 15 is 0 Å². The predicted molar refractivity (Wildman–Crippen MR) is 108 cm³/mol. The van der Waals surface area contributed by atoms with E-state index in [-0.39, 0.29) is 17.9 Å². The van der Waals surface area contributed by atoms with Gasteiger partial charge in [-0.1, -0.05) is 41.9 Å². The summed E-state index contributed by atoms with van der Waals surface area (Å²) in [5, 5.41) is 3.72. The minimum Gasteiger partial charge on any atom is -0.352 e. The molecule has 1 aliphatic heterocycles. The van der Waals surface area contributed by atoms with E-state index in [1.807, 2.05) is 68.7 Å². The third-order valence-electron chi connectivity index (χ3n) is 4.90. The van der Waals surface area contributed by atoms with Gasteiger partial charge in [0.15, 0.2) is 0 Å². The molecule has 142 valence electrons. The fourth-order valence-electron chi connectivity index (χ4n) is 3.44. The minimum absolute atomic E-state index is 0.0109. The van der Waals surface area contributed by atoms with Gasteiger partial charge in [-0.3, -0.25) is 14.5 Å². The summed E-state index contributed by atoms with van der Waals surface area (Å²) >= 11 is 5.98. The van der Waals surface area contributed by atoms with E-state index in [4.69, 9.17) is 11.6 Å². The Kier molecular flexibility index (Phi) is 6.14. The Morgan fingerprint density at radius 3 is 2.48 bits per heavy atom. The standard InChI is InChI=1S/C21H24ClN3O2/c1-24(2)19(15-8-10-16(22)11-9-15)14-23-21(27)18-12-13-20(26)25(18)17-6-4-3-5-7-17/h3-11,18-19H,12-14H2,1-2H3,(H,23,27). The van der Waals surface area contributed by atoms with Crippen molar-refractivity contribution in [3.05, 3.63) is 65.2 Å². The smallest absolute Gasteiger partial charge is 0.243 e. The molecule has 1 heterocycles. The largest absolute Gasteiger partial charge is 0.352 e. The maximum Gasteiger partial charge on any atom is 0.243 e. The molecule has 0 saturated carbocycles. The van der Waals surface area contributed by atoms with Crippen LogP contribution in [0.1, 0.15) is 24.4 Å². The second-order valence-electron chi connectivity index (χ2n) is 6.93. The van der Waals surface area contributed by atoms with Crippen molar-refractivity contribution in [1.82, 2.24) is 10.2 Å². The Morgan fingerprint density at radius 2 is 1.85 bits per heavy atom. The van der Waals surface area contributed by atoms with Gasteiger partial charge in [-0.15, -0.1) is 0 Å². The number of para-hydroxylation sites is 1. The molecule has 3 rings (SSSR count). The van der Waals surface area contributed by atoms with E-state index in [1.165, 1.54) is 0 Å². The first-order valence-corrected chi connectivity index (χ1v) is 9.42. The molecular weight excluding hydrogens is 362 g/mol. The number of likely N-dealkylation sites (N-methyl/N-ethyl adjacent to an activating group) is 1. The van der Waals surface area contributed by atoms with Gasteiger partial charge in [0.25, 0.3) is 0 Å². The molecule has 1 saturated heterocycles. The number of halogens is 1. The third-order valence-corrected chi connectivity index (χ3v) is 5.15. The summed E-state index contributed by atoms with van der Waals surface area (Å²) < 4.78 is 0. The normalized spacial score (nSPS) is 18.0. The van der Waals surface area contributed by atoms with Gasteiger partial charge in [0, 0.05) is 23.7 Å². The van der Waals surface area contributed by atoms with Gasteiger partial charge in [0.1, 0.15) is 6.04 Å². The molecule has 1 N–H and O–H groups in total. The molecule has 0 spiro atoms. The van der Waals surface area contributed by atoms with Crippen LogP contribution < -0.4 is 10.2 Å². The maximum absolute atomic E-state index is 12.8. The van der Waals surface area contributed by atoms with Crippen molar-refractivity contribution < 1.29 is 9.59 Å². The topological polar surface area (TPSA) is 52.7 Å². The molecule has 1 aliphatic rings. The highest BCUT2D eigenvalue weighted by molar-refractivity contribution is 6.30. The molecule has 1 fully saturated rings. The number of nitrogens with zero attached hydrogens (tertiary/aromatic N) is 2. The minimum atomic E-state index is -0.465. The number of hydrogen-bond donors (Lipinski definition) is 1. The quantitative estimate of drug-likeness (QED) is 0.830. The molecule has 2 unspecified atom stereocenters. The Bertz CT molecular complexity index is 793. The highest BCUT2D eigenvalue weighted by Crippen LogP contribution is 2.27. The van der Waals surface area contributed by atoms with E-state index < -0.39 is 6.04 Å². The van der Waals surface area contributed by atoms with Gasteiger partial charge in [0.2, 0.25) is 11.8 Å². The Morgan fingerprint density at radius 1 is 1.19 bits per heavy atom. The van der Waals surface area contributed by atoms with Crippen molar-refractivity contribution in [2.45, 2.75) is 24.9 Å². The fourth-order valence-corrected chi connectivity index (χ4v) is 3.57. The van der Waals surface area contributed by atoms with E-state index in [2.05, 4.69) is 10.2 Å². The van der Waals surface area contributed by atoms with Crippen molar-refractivity contribution in [3.63, 3.8) is 0 Å². The fraction of sp³-hybridized carbons (Fsp3) is 0.333. The first-order valence-electron chi connectivity index (χ1n) is 9.04. The predicted octanol–water partition coefficient (Wildman–Crippen LogP) is 3.25. The lowest BCUT2D eigenvalue weighted by molar-refractivity contribution is -0.124. The van der Waals surface area contributed by atoms with Gasteiger partial charge >= 0.3 is 0 Å². The van der Waals surface area contributed by atoms with E-state index in [0.29, 0.717) is 24.4 Å². The molecule has 2 aromatic rings. The van der Waals surface area contributed by atoms with Crippen LogP contribution in [0.15, 0.2) is 54.6 Å². The molecule has 6 heteroatoms. The highest BCUT2D eigenvalue weighted by atomic mass is 35.5. The average Bonchev–Trinajstić information content (AvgIpc) is 3.05. The SMILES string of the molecule is CN(C)C(CNC(=O)C1CCC(=O)N1c1ccccc1)c1ccc(Cl)cc1. The summed E-state index contributed by atoms with van der Waals surface area (Å²) in [5.74, 6) is -0.131. The van der Waals surface area contributed by atoms with Gasteiger partial charge in [-0.25, -0.2) is 0 Å². The van der Waals surface area contributed by atoms with Crippen LogP contribution in [0.2, 0.25) is 5.02 Å². The van der Waals surface area contributed by atoms with Crippen LogP contribution in [0.25, 0.3) is 0 Å². The van der Waals surface area contributed by atoms with Crippen molar-refractivity contribution in [2.24, 2.45) is 0 Å². The van der Waals surface area contributed by atoms with Crippen molar-refractivity contribution in [3.8, 4) is 0 Å². The first kappa shape index (κ1) is 19.4. The number of carbonyl (C=O) groups excluding carboxylic acids is 2. The van der Waals surface area contributed by atoms with Crippen molar-refractivity contribution in [1.29, 1.82) is 0 Å². The van der Waals surface area contributed by atoms with Crippen LogP contribution in [0.4, 0.5) is 5.69 Å². The first-order chi connectivity index (χ1) is 13.0. The zero-order valence-corrected chi connectivity index (χ0v) is 16.3. The molecule has 2 atom stereocenters. The zero-order chi connectivity index (χ0) is 19.4. The summed E-state index contributed by atoms with van der Waals surface area (Å²) in [6.45, 7) is 0.459. The number of amides is 2. The van der Waals surface area contributed by atoms with Gasteiger partial charge in [-0.05, 0) is 50.3 Å². The molecule has 27 heavy (non-hydrogen) atoms. The Hall–Kier alpha value is -2.37. The Balaban J connectivity index is 1.70. The summed E-state index contributed by atoms with van der Waals surface area (Å²) in [6, 6.07) is 16.6. The lowest BCUT2D eigenvalue weighted by atomic mass is 10.1. The molecule has 0 bridgehead atoms. The van der Waals surface area contributed by atoms with Gasteiger partial charge in [-0.2, -0.15) is 0 Å². The molecule has 0 aliphatic carbocycles. The molecular formula is C21H24ClN3O2. The maximum atomic E-state index is 12.8. The molecule has 2 amide bonds. The number of rotatable bonds is 6. The average molecular weight is 386 g/mol. The summed E-state index contributed by atoms with van der Waals surface area (Å²) in [6.07, 6.45) is 0.925. The van der Waals surface area contributed by atoms with Crippen molar-refractivity contribution in [2.75, 3.05) is 25.5 Å². The summed E-state index contributed by atoms with van der Waals surface area (Å²) in [4.78, 5) is 28.8. The van der Waals surface area contributed by atoms with Crippen LogP contribution in [0.5, 0.6) is 0 Å². The lowest BCUT2D eigenvalue weighted by Crippen LogP contribution is -2.46. The number of hydrogen-bond acceptors (Lipinski definition) is 3. The molecule has 2 aromatic carbocycles. The van der Waals surface area contributed by atoms with Crippen LogP contribution in [-0.4, -0.2) is 43.4 Å². The Labute approximate surface area is 164 Å². The van der Waals surface area contributed by atoms with E-state index in [9.17, 15) is 9.59 Å². The third kappa shape index (κ3) is 4.49. The van der Waals surface area contributed by atoms with E-state index in [1.54, 1.807) is 4.90 Å². The van der Waals surface area contributed by atoms with Crippen LogP contribution in [0.3, 0.4) is 0 Å². The molecule has 0 aromatic heterocycles. The number of nitrogens with one attached hydrogen (secondary N) is 1. The van der Waals surface area contributed by atoms with Gasteiger partial charge < -0.3 is 10.2 Å².